The van der Waals surface area contributed by atoms with Gasteiger partial charge in [0.1, 0.15) is 0 Å². The lowest BCUT2D eigenvalue weighted by molar-refractivity contribution is 0.386. The number of benzene rings is 2. The van der Waals surface area contributed by atoms with Crippen molar-refractivity contribution in [3.8, 4) is 45.4 Å². The van der Waals surface area contributed by atoms with Crippen LogP contribution in [0.2, 0.25) is 10.0 Å². The van der Waals surface area contributed by atoms with E-state index < -0.39 is 0 Å². The van der Waals surface area contributed by atoms with Crippen LogP contribution >= 0.6 is 23.2 Å². The summed E-state index contributed by atoms with van der Waals surface area (Å²) >= 11 is 14.1. The first-order valence-corrected chi connectivity index (χ1v) is 14.4. The minimum absolute atomic E-state index is 0.0782. The van der Waals surface area contributed by atoms with Gasteiger partial charge in [-0.25, -0.2) is 9.97 Å². The van der Waals surface area contributed by atoms with Crippen molar-refractivity contribution in [1.82, 2.24) is 9.97 Å². The fourth-order valence-corrected chi connectivity index (χ4v) is 5.98. The van der Waals surface area contributed by atoms with E-state index in [-0.39, 0.29) is 12.1 Å². The number of rotatable bonds is 9. The molecule has 0 spiro atoms. The van der Waals surface area contributed by atoms with E-state index in [1.165, 1.54) is 0 Å². The van der Waals surface area contributed by atoms with Gasteiger partial charge in [-0.2, -0.15) is 0 Å². The number of methoxy groups -OCH3 is 2. The van der Waals surface area contributed by atoms with Crippen molar-refractivity contribution >= 4 is 23.2 Å². The second kappa shape index (κ2) is 11.0. The number of hydrogen-bond donors (Lipinski definition) is 2. The molecule has 0 saturated heterocycles. The van der Waals surface area contributed by atoms with Crippen molar-refractivity contribution in [3.05, 3.63) is 81.8 Å². The molecule has 2 fully saturated rings. The highest BCUT2D eigenvalue weighted by molar-refractivity contribution is 6.39. The van der Waals surface area contributed by atoms with Gasteiger partial charge in [0, 0.05) is 45.5 Å². The Labute approximate surface area is 244 Å². The van der Waals surface area contributed by atoms with Crippen molar-refractivity contribution in [1.29, 1.82) is 0 Å². The Morgan fingerprint density at radius 2 is 1.00 bits per heavy atom. The van der Waals surface area contributed by atoms with Crippen LogP contribution in [0.1, 0.15) is 48.9 Å². The van der Waals surface area contributed by atoms with Gasteiger partial charge in [0.05, 0.1) is 35.7 Å². The van der Waals surface area contributed by atoms with E-state index in [1.807, 2.05) is 60.7 Å². The van der Waals surface area contributed by atoms with Crippen molar-refractivity contribution in [2.75, 3.05) is 14.2 Å². The number of nitrogens with two attached hydrogens (primary N) is 2. The molecule has 2 aliphatic carbocycles. The summed E-state index contributed by atoms with van der Waals surface area (Å²) in [5.41, 5.74) is 19.3. The van der Waals surface area contributed by atoms with Crippen molar-refractivity contribution < 1.29 is 9.47 Å². The minimum atomic E-state index is -0.0782. The molecule has 40 heavy (non-hydrogen) atoms. The Kier molecular flexibility index (Phi) is 7.44. The van der Waals surface area contributed by atoms with Gasteiger partial charge in [0.15, 0.2) is 0 Å². The second-order valence-electron chi connectivity index (χ2n) is 10.7. The lowest BCUT2D eigenvalue weighted by Crippen LogP contribution is -2.14. The molecule has 0 bridgehead atoms. The molecule has 2 saturated carbocycles. The molecule has 2 aliphatic rings. The normalized spacial score (nSPS) is 16.4. The van der Waals surface area contributed by atoms with Crippen LogP contribution in [0.25, 0.3) is 33.6 Å². The summed E-state index contributed by atoms with van der Waals surface area (Å²) in [4.78, 5) is 9.56. The first kappa shape index (κ1) is 27.0. The Morgan fingerprint density at radius 1 is 0.625 bits per heavy atom. The van der Waals surface area contributed by atoms with Crippen molar-refractivity contribution in [2.45, 2.75) is 37.8 Å². The smallest absolute Gasteiger partial charge is 0.218 e. The molecule has 0 aliphatic heterocycles. The predicted octanol–water partition coefficient (Wildman–Crippen LogP) is 7.62. The first-order valence-electron chi connectivity index (χ1n) is 13.6. The third-order valence-corrected chi connectivity index (χ3v) is 8.80. The zero-order chi connectivity index (χ0) is 28.0. The molecule has 0 unspecified atom stereocenters. The lowest BCUT2D eigenvalue weighted by atomic mass is 9.97. The summed E-state index contributed by atoms with van der Waals surface area (Å²) in [5.74, 6) is 2.04. The molecule has 8 heteroatoms. The number of hydrogen-bond acceptors (Lipinski definition) is 6. The van der Waals surface area contributed by atoms with E-state index in [2.05, 4.69) is 0 Å². The number of pyridine rings is 2. The zero-order valence-corrected chi connectivity index (χ0v) is 24.0. The van der Waals surface area contributed by atoms with Gasteiger partial charge in [-0.1, -0.05) is 59.6 Å². The van der Waals surface area contributed by atoms with Gasteiger partial charge in [-0.15, -0.1) is 0 Å². The summed E-state index contributed by atoms with van der Waals surface area (Å²) in [6, 6.07) is 19.4. The van der Waals surface area contributed by atoms with Crippen molar-refractivity contribution in [3.63, 3.8) is 0 Å². The molecule has 6 nitrogen and oxygen atoms in total. The zero-order valence-electron chi connectivity index (χ0n) is 22.5. The van der Waals surface area contributed by atoms with Crippen LogP contribution in [0.4, 0.5) is 0 Å². The summed E-state index contributed by atoms with van der Waals surface area (Å²) in [7, 11) is 3.24. The average Bonchev–Trinajstić information content (AvgIpc) is 3.90. The van der Waals surface area contributed by atoms with Crippen LogP contribution in [-0.4, -0.2) is 24.2 Å². The van der Waals surface area contributed by atoms with Gasteiger partial charge in [0.25, 0.3) is 0 Å². The fraction of sp³-hybridized carbons (Fsp3) is 0.312. The Hall–Kier alpha value is -3.16. The summed E-state index contributed by atoms with van der Waals surface area (Å²) in [6.07, 6.45) is 4.56. The molecular weight excluding hydrogens is 543 g/mol. The largest absolute Gasteiger partial charge is 0.481 e. The van der Waals surface area contributed by atoms with Crippen LogP contribution in [-0.2, 0) is 0 Å². The summed E-state index contributed by atoms with van der Waals surface area (Å²) in [6.45, 7) is 0. The molecule has 2 heterocycles. The van der Waals surface area contributed by atoms with E-state index in [0.717, 1.165) is 59.1 Å². The first-order chi connectivity index (χ1) is 19.4. The monoisotopic (exact) mass is 574 g/mol. The van der Waals surface area contributed by atoms with Gasteiger partial charge >= 0.3 is 0 Å². The SMILES string of the molecule is COc1nc(-c2cccc(-c3cccc(-c4ccc([C@@H](N)C5CC5)c(OC)n4)c3Cl)c2Cl)ccc1[C@@H](N)C1CC1. The standard InChI is InChI=1S/C32H32Cl2N4O2/c1-39-31-23(29(35)17-9-10-17)13-15-25(37-31)21-7-3-5-19(27(21)33)20-6-4-8-22(28(20)34)26-16-14-24(32(38-26)40-2)30(36)18-11-12-18/h3-8,13-18,29-30H,9-12,35-36H2,1-2H3/t29-,30-/m0/s1. The highest BCUT2D eigenvalue weighted by Crippen LogP contribution is 2.45. The Balaban J connectivity index is 1.37. The molecule has 0 radical (unpaired) electrons. The highest BCUT2D eigenvalue weighted by Gasteiger charge is 2.33. The van der Waals surface area contributed by atoms with Crippen LogP contribution in [0.5, 0.6) is 11.8 Å². The molecule has 0 amide bonds. The number of halogens is 2. The van der Waals surface area contributed by atoms with Crippen molar-refractivity contribution in [2.24, 2.45) is 23.3 Å². The van der Waals surface area contributed by atoms with E-state index in [4.69, 9.17) is 54.1 Å². The average molecular weight is 576 g/mol. The summed E-state index contributed by atoms with van der Waals surface area (Å²) < 4.78 is 11.2. The van der Waals surface area contributed by atoms with E-state index in [9.17, 15) is 0 Å². The third-order valence-electron chi connectivity index (χ3n) is 7.98. The third kappa shape index (κ3) is 5.06. The maximum absolute atomic E-state index is 7.03. The van der Waals surface area contributed by atoms with E-state index in [0.29, 0.717) is 45.0 Å². The quantitative estimate of drug-likeness (QED) is 0.213. The number of aromatic nitrogens is 2. The van der Waals surface area contributed by atoms with E-state index in [1.54, 1.807) is 14.2 Å². The number of ether oxygens (including phenoxy) is 2. The molecular formula is C32H32Cl2N4O2. The molecule has 2 aromatic heterocycles. The summed E-state index contributed by atoms with van der Waals surface area (Å²) in [5, 5.41) is 1.10. The van der Waals surface area contributed by atoms with Crippen LogP contribution in [0, 0.1) is 11.8 Å². The van der Waals surface area contributed by atoms with Crippen LogP contribution < -0.4 is 20.9 Å². The highest BCUT2D eigenvalue weighted by atomic mass is 35.5. The molecule has 4 N–H and O–H groups in total. The fourth-order valence-electron chi connectivity index (χ4n) is 5.33. The lowest BCUT2D eigenvalue weighted by Gasteiger charge is -2.17. The molecule has 2 aromatic carbocycles. The van der Waals surface area contributed by atoms with E-state index >= 15 is 0 Å². The topological polar surface area (TPSA) is 96.3 Å². The Bertz CT molecular complexity index is 1450. The second-order valence-corrected chi connectivity index (χ2v) is 11.4. The van der Waals surface area contributed by atoms with Crippen LogP contribution in [0.15, 0.2) is 60.7 Å². The van der Waals surface area contributed by atoms with Gasteiger partial charge in [-0.05, 0) is 61.8 Å². The van der Waals surface area contributed by atoms with Gasteiger partial charge < -0.3 is 20.9 Å². The molecule has 6 rings (SSSR count). The maximum atomic E-state index is 7.03. The van der Waals surface area contributed by atoms with Gasteiger partial charge in [-0.3, -0.25) is 0 Å². The van der Waals surface area contributed by atoms with Gasteiger partial charge in [0.2, 0.25) is 11.8 Å². The molecule has 2 atom stereocenters. The number of nitrogens with zero attached hydrogens (tertiary/aromatic N) is 2. The Morgan fingerprint density at radius 3 is 1.35 bits per heavy atom. The van der Waals surface area contributed by atoms with Crippen LogP contribution in [0.3, 0.4) is 0 Å². The molecule has 4 aromatic rings. The molecule has 206 valence electrons. The maximum Gasteiger partial charge on any atom is 0.218 e. The minimum Gasteiger partial charge on any atom is -0.481 e. The predicted molar refractivity (Wildman–Crippen MR) is 161 cm³/mol.